The van der Waals surface area contributed by atoms with Crippen LogP contribution >= 0.6 is 23.8 Å². The lowest BCUT2D eigenvalue weighted by Crippen LogP contribution is -2.24. The van der Waals surface area contributed by atoms with Crippen molar-refractivity contribution in [3.8, 4) is 0 Å². The highest BCUT2D eigenvalue weighted by molar-refractivity contribution is 7.71. The molecular weight excluding hydrogens is 344 g/mol. The van der Waals surface area contributed by atoms with Crippen LogP contribution < -0.4 is 5.69 Å². The molecule has 0 spiro atoms. The van der Waals surface area contributed by atoms with E-state index >= 15 is 0 Å². The zero-order valence-corrected chi connectivity index (χ0v) is 15.4. The Morgan fingerprint density at radius 1 is 1.25 bits per heavy atom. The van der Waals surface area contributed by atoms with Crippen LogP contribution in [0.1, 0.15) is 38.1 Å². The Kier molecular flexibility index (Phi) is 4.60. The summed E-state index contributed by atoms with van der Waals surface area (Å²) >= 11 is 11.3. The molecule has 5 nitrogen and oxygen atoms in total. The first-order chi connectivity index (χ1) is 11.4. The maximum Gasteiger partial charge on any atom is 0.328 e. The Bertz CT molecular complexity index is 998. The van der Waals surface area contributed by atoms with Gasteiger partial charge in [0.25, 0.3) is 0 Å². The number of rotatable bonds is 4. The lowest BCUT2D eigenvalue weighted by molar-refractivity contribution is 0.646. The van der Waals surface area contributed by atoms with Crippen molar-refractivity contribution in [2.75, 3.05) is 0 Å². The van der Waals surface area contributed by atoms with Crippen LogP contribution in [0.15, 0.2) is 29.1 Å². The molecule has 2 heterocycles. The van der Waals surface area contributed by atoms with Crippen molar-refractivity contribution in [3.63, 3.8) is 0 Å². The second-order valence-corrected chi connectivity index (χ2v) is 6.86. The minimum Gasteiger partial charge on any atom is -0.309 e. The molecule has 3 rings (SSSR count). The van der Waals surface area contributed by atoms with E-state index in [9.17, 15) is 4.79 Å². The van der Waals surface area contributed by atoms with E-state index in [0.29, 0.717) is 28.3 Å². The zero-order valence-electron chi connectivity index (χ0n) is 13.8. The van der Waals surface area contributed by atoms with E-state index < -0.39 is 0 Å². The van der Waals surface area contributed by atoms with Crippen LogP contribution in [0.2, 0.25) is 5.02 Å². The third kappa shape index (κ3) is 2.91. The van der Waals surface area contributed by atoms with Crippen molar-refractivity contribution >= 4 is 35.0 Å². The molecule has 0 bridgehead atoms. The molecule has 0 saturated carbocycles. The van der Waals surface area contributed by atoms with Gasteiger partial charge in [-0.15, -0.1) is 0 Å². The standard InChI is InChI=1S/C17H19ClN4OS/c1-4-21-16-13(15(24)20-17(21)23)19-14(10(2)3)22(16)9-11-5-7-12(18)8-6-11/h5-8,10H,4,9H2,1-3H3,(H,20,23,24). The monoisotopic (exact) mass is 362 g/mol. The number of aryl methyl sites for hydroxylation is 1. The highest BCUT2D eigenvalue weighted by Gasteiger charge is 2.18. The van der Waals surface area contributed by atoms with E-state index in [-0.39, 0.29) is 11.6 Å². The largest absolute Gasteiger partial charge is 0.328 e. The van der Waals surface area contributed by atoms with Crippen LogP contribution in [-0.2, 0) is 13.1 Å². The summed E-state index contributed by atoms with van der Waals surface area (Å²) < 4.78 is 4.15. The SMILES string of the molecule is CCn1c(=O)[nH]c(=S)c2nc(C(C)C)n(Cc3ccc(Cl)cc3)c21. The summed E-state index contributed by atoms with van der Waals surface area (Å²) in [6.45, 7) is 7.26. The summed E-state index contributed by atoms with van der Waals surface area (Å²) in [5, 5.41) is 0.700. The summed E-state index contributed by atoms with van der Waals surface area (Å²) in [4.78, 5) is 19.7. The Balaban J connectivity index is 2.31. The topological polar surface area (TPSA) is 55.6 Å². The summed E-state index contributed by atoms with van der Waals surface area (Å²) in [5.41, 5.74) is 2.33. The van der Waals surface area contributed by atoms with Crippen molar-refractivity contribution in [1.29, 1.82) is 0 Å². The number of nitrogens with one attached hydrogen (secondary N) is 1. The van der Waals surface area contributed by atoms with Crippen molar-refractivity contribution < 1.29 is 0 Å². The minimum absolute atomic E-state index is 0.206. The van der Waals surface area contributed by atoms with Gasteiger partial charge < -0.3 is 4.57 Å². The number of nitrogens with zero attached hydrogens (tertiary/aromatic N) is 3. The van der Waals surface area contributed by atoms with Gasteiger partial charge in [-0.05, 0) is 24.6 Å². The van der Waals surface area contributed by atoms with E-state index in [2.05, 4.69) is 23.4 Å². The minimum atomic E-state index is -0.206. The van der Waals surface area contributed by atoms with E-state index in [1.807, 2.05) is 31.2 Å². The number of hydrogen-bond acceptors (Lipinski definition) is 3. The first kappa shape index (κ1) is 16.9. The molecule has 1 N–H and O–H groups in total. The Hall–Kier alpha value is -1.92. The van der Waals surface area contributed by atoms with Crippen LogP contribution in [0.25, 0.3) is 11.2 Å². The quantitative estimate of drug-likeness (QED) is 0.711. The summed E-state index contributed by atoms with van der Waals surface area (Å²) in [6.07, 6.45) is 0. The first-order valence-electron chi connectivity index (χ1n) is 7.90. The number of aromatic nitrogens is 4. The molecule has 7 heteroatoms. The van der Waals surface area contributed by atoms with Gasteiger partial charge in [0.15, 0.2) is 0 Å². The lowest BCUT2D eigenvalue weighted by atomic mass is 10.2. The predicted octanol–water partition coefficient (Wildman–Crippen LogP) is 4.10. The fourth-order valence-electron chi connectivity index (χ4n) is 2.87. The van der Waals surface area contributed by atoms with Gasteiger partial charge in [-0.25, -0.2) is 9.78 Å². The van der Waals surface area contributed by atoms with Gasteiger partial charge in [0.05, 0.1) is 6.54 Å². The van der Waals surface area contributed by atoms with Crippen LogP contribution in [0.5, 0.6) is 0 Å². The second kappa shape index (κ2) is 6.53. The Morgan fingerprint density at radius 2 is 1.92 bits per heavy atom. The van der Waals surface area contributed by atoms with Crippen molar-refractivity contribution in [1.82, 2.24) is 19.1 Å². The molecule has 1 aromatic carbocycles. The van der Waals surface area contributed by atoms with E-state index in [1.165, 1.54) is 0 Å². The Labute approximate surface area is 149 Å². The van der Waals surface area contributed by atoms with Gasteiger partial charge in [0, 0.05) is 17.5 Å². The van der Waals surface area contributed by atoms with E-state index in [4.69, 9.17) is 28.8 Å². The molecule has 0 amide bonds. The lowest BCUT2D eigenvalue weighted by Gasteiger charge is -2.14. The number of fused-ring (bicyclic) bond motifs is 1. The highest BCUT2D eigenvalue weighted by atomic mass is 35.5. The van der Waals surface area contributed by atoms with Gasteiger partial charge in [0.1, 0.15) is 21.6 Å². The fourth-order valence-corrected chi connectivity index (χ4v) is 3.22. The van der Waals surface area contributed by atoms with Crippen molar-refractivity contribution in [2.24, 2.45) is 0 Å². The molecular formula is C17H19ClN4OS. The maximum atomic E-state index is 12.3. The second-order valence-electron chi connectivity index (χ2n) is 6.01. The van der Waals surface area contributed by atoms with Crippen LogP contribution in [0.4, 0.5) is 0 Å². The molecule has 2 aromatic heterocycles. The van der Waals surface area contributed by atoms with Gasteiger partial charge in [-0.2, -0.15) is 0 Å². The first-order valence-corrected chi connectivity index (χ1v) is 8.68. The summed E-state index contributed by atoms with van der Waals surface area (Å²) in [7, 11) is 0. The zero-order chi connectivity index (χ0) is 17.4. The van der Waals surface area contributed by atoms with E-state index in [1.54, 1.807) is 4.57 Å². The fraction of sp³-hybridized carbons (Fsp3) is 0.353. The molecule has 126 valence electrons. The smallest absolute Gasteiger partial charge is 0.309 e. The van der Waals surface area contributed by atoms with Crippen LogP contribution in [0, 0.1) is 4.64 Å². The molecule has 0 unspecified atom stereocenters. The number of halogens is 1. The number of H-pyrrole nitrogens is 1. The summed E-state index contributed by atoms with van der Waals surface area (Å²) in [6, 6.07) is 7.70. The third-order valence-electron chi connectivity index (χ3n) is 3.99. The van der Waals surface area contributed by atoms with Gasteiger partial charge in [-0.1, -0.05) is 49.8 Å². The average molecular weight is 363 g/mol. The number of imidazole rings is 1. The predicted molar refractivity (Wildman–Crippen MR) is 99.5 cm³/mol. The third-order valence-corrected chi connectivity index (χ3v) is 4.54. The number of aromatic amines is 1. The normalized spacial score (nSPS) is 11.5. The van der Waals surface area contributed by atoms with E-state index in [0.717, 1.165) is 17.0 Å². The molecule has 0 aliphatic heterocycles. The van der Waals surface area contributed by atoms with Crippen molar-refractivity contribution in [2.45, 2.75) is 39.8 Å². The molecule has 0 saturated heterocycles. The van der Waals surface area contributed by atoms with Crippen LogP contribution in [-0.4, -0.2) is 19.1 Å². The molecule has 3 aromatic rings. The molecule has 0 atom stereocenters. The highest BCUT2D eigenvalue weighted by Crippen LogP contribution is 2.23. The molecule has 0 aliphatic rings. The van der Waals surface area contributed by atoms with Gasteiger partial charge >= 0.3 is 5.69 Å². The molecule has 24 heavy (non-hydrogen) atoms. The van der Waals surface area contributed by atoms with Gasteiger partial charge in [0.2, 0.25) is 0 Å². The van der Waals surface area contributed by atoms with Gasteiger partial charge in [-0.3, -0.25) is 9.55 Å². The molecule has 0 aliphatic carbocycles. The number of benzene rings is 1. The number of hydrogen-bond donors (Lipinski definition) is 1. The Morgan fingerprint density at radius 3 is 2.50 bits per heavy atom. The average Bonchev–Trinajstić information content (AvgIpc) is 2.90. The maximum absolute atomic E-state index is 12.3. The summed E-state index contributed by atoms with van der Waals surface area (Å²) in [5.74, 6) is 1.12. The molecule has 0 fully saturated rings. The van der Waals surface area contributed by atoms with Crippen LogP contribution in [0.3, 0.4) is 0 Å². The molecule has 0 radical (unpaired) electrons. The van der Waals surface area contributed by atoms with Crippen molar-refractivity contribution in [3.05, 3.63) is 55.8 Å².